The Morgan fingerprint density at radius 3 is 2.72 bits per heavy atom. The van der Waals surface area contributed by atoms with Gasteiger partial charge >= 0.3 is 0 Å². The summed E-state index contributed by atoms with van der Waals surface area (Å²) >= 11 is 0. The number of hydrogen-bond acceptors (Lipinski definition) is 4. The molecule has 0 aliphatic rings. The molecule has 36 heavy (non-hydrogen) atoms. The van der Waals surface area contributed by atoms with E-state index in [4.69, 9.17) is 0 Å². The van der Waals surface area contributed by atoms with Crippen LogP contribution in [0.2, 0.25) is 0 Å². The highest BCUT2D eigenvalue weighted by molar-refractivity contribution is 6.11. The van der Waals surface area contributed by atoms with Gasteiger partial charge in [-0.1, -0.05) is 24.3 Å². The van der Waals surface area contributed by atoms with Crippen molar-refractivity contribution in [1.29, 1.82) is 0 Å². The molecule has 3 aromatic carbocycles. The van der Waals surface area contributed by atoms with E-state index in [9.17, 15) is 19.1 Å². The van der Waals surface area contributed by atoms with Crippen molar-refractivity contribution in [2.24, 2.45) is 0 Å². The molecule has 0 amide bonds. The number of benzene rings is 3. The molecule has 0 aliphatic carbocycles. The quantitative estimate of drug-likeness (QED) is 0.206. The fourth-order valence-electron chi connectivity index (χ4n) is 4.33. The number of aliphatic hydroxyl groups is 1. The first-order valence-electron chi connectivity index (χ1n) is 11.6. The molecule has 0 aliphatic heterocycles. The highest BCUT2D eigenvalue weighted by Gasteiger charge is 2.29. The summed E-state index contributed by atoms with van der Waals surface area (Å²) in [7, 11) is 0. The third-order valence-corrected chi connectivity index (χ3v) is 6.44. The van der Waals surface area contributed by atoms with Crippen molar-refractivity contribution in [1.82, 2.24) is 15.0 Å². The van der Waals surface area contributed by atoms with Crippen molar-refractivity contribution in [2.75, 3.05) is 0 Å². The number of nitrogens with one attached hydrogen (secondary N) is 2. The molecule has 5 aromatic rings. The minimum absolute atomic E-state index is 0.130. The minimum Gasteiger partial charge on any atom is -0.379 e. The summed E-state index contributed by atoms with van der Waals surface area (Å²) in [6.45, 7) is 1.62. The zero-order valence-corrected chi connectivity index (χ0v) is 19.6. The zero-order chi connectivity index (χ0) is 25.3. The number of aromatic nitrogens is 3. The number of imidazole rings is 1. The Hall–Kier alpha value is -4.36. The number of rotatable bonds is 8. The fraction of sp³-hybridized carbons (Fsp3) is 0.138. The number of carbonyl (C=O) groups excluding carboxylic acids is 2. The number of hydrogen-bond donors (Lipinski definition) is 3. The number of aryl methyl sites for hydroxylation is 1. The Labute approximate surface area is 206 Å². The molecule has 6 nitrogen and oxygen atoms in total. The van der Waals surface area contributed by atoms with Crippen LogP contribution >= 0.6 is 0 Å². The first-order valence-corrected chi connectivity index (χ1v) is 11.6. The molecule has 0 radical (unpaired) electrons. The van der Waals surface area contributed by atoms with Crippen molar-refractivity contribution in [2.45, 2.75) is 25.4 Å². The number of aldehydes is 1. The lowest BCUT2D eigenvalue weighted by Crippen LogP contribution is -2.23. The predicted molar refractivity (Wildman–Crippen MR) is 135 cm³/mol. The van der Waals surface area contributed by atoms with Gasteiger partial charge in [0.25, 0.3) is 0 Å². The maximum absolute atomic E-state index is 14.8. The van der Waals surface area contributed by atoms with Crippen molar-refractivity contribution < 1.29 is 19.1 Å². The largest absolute Gasteiger partial charge is 0.379 e. The Morgan fingerprint density at radius 2 is 1.89 bits per heavy atom. The number of nitrogens with zero attached hydrogens (tertiary/aromatic N) is 1. The van der Waals surface area contributed by atoms with Crippen LogP contribution in [0, 0.1) is 5.82 Å². The summed E-state index contributed by atoms with van der Waals surface area (Å²) in [5, 5.41) is 12.2. The number of aromatic amines is 2. The lowest BCUT2D eigenvalue weighted by molar-refractivity contribution is -0.107. The number of halogens is 1. The van der Waals surface area contributed by atoms with Gasteiger partial charge in [-0.2, -0.15) is 0 Å². The smallest absolute Gasteiger partial charge is 0.193 e. The molecule has 0 fully saturated rings. The lowest BCUT2D eigenvalue weighted by atomic mass is 9.91. The SMILES string of the molecule is CC(O)(c1cccc(CCC=O)c1)c1cnc(-c2cc(C(=O)c3ccc4[nH]ccc4c3)ccc2F)[nH]1. The maximum Gasteiger partial charge on any atom is 0.193 e. The molecular weight excluding hydrogens is 457 g/mol. The summed E-state index contributed by atoms with van der Waals surface area (Å²) in [6, 6.07) is 18.7. The second kappa shape index (κ2) is 9.36. The highest BCUT2D eigenvalue weighted by Crippen LogP contribution is 2.31. The summed E-state index contributed by atoms with van der Waals surface area (Å²) in [5.74, 6) is -0.565. The van der Waals surface area contributed by atoms with Gasteiger partial charge in [0.2, 0.25) is 0 Å². The van der Waals surface area contributed by atoms with Crippen LogP contribution in [0.3, 0.4) is 0 Å². The summed E-state index contributed by atoms with van der Waals surface area (Å²) in [6.07, 6.45) is 5.09. The van der Waals surface area contributed by atoms with E-state index < -0.39 is 11.4 Å². The minimum atomic E-state index is -1.43. The molecule has 1 unspecified atom stereocenters. The number of H-pyrrole nitrogens is 2. The van der Waals surface area contributed by atoms with Gasteiger partial charge in [-0.15, -0.1) is 0 Å². The fourth-order valence-corrected chi connectivity index (χ4v) is 4.33. The summed E-state index contributed by atoms with van der Waals surface area (Å²) in [5.41, 5.74) is 2.37. The van der Waals surface area contributed by atoms with Crippen LogP contribution in [0.25, 0.3) is 22.3 Å². The first kappa shape index (κ1) is 23.4. The van der Waals surface area contributed by atoms with E-state index >= 15 is 0 Å². The molecule has 3 N–H and O–H groups in total. The second-order valence-electron chi connectivity index (χ2n) is 8.93. The van der Waals surface area contributed by atoms with Crippen LogP contribution in [0.15, 0.2) is 79.1 Å². The monoisotopic (exact) mass is 481 g/mol. The average molecular weight is 482 g/mol. The van der Waals surface area contributed by atoms with Crippen molar-refractivity contribution >= 4 is 23.0 Å². The topological polar surface area (TPSA) is 98.8 Å². The van der Waals surface area contributed by atoms with Gasteiger partial charge in [-0.25, -0.2) is 9.37 Å². The predicted octanol–water partition coefficient (Wildman–Crippen LogP) is 5.32. The van der Waals surface area contributed by atoms with Gasteiger partial charge in [0.1, 0.15) is 23.5 Å². The van der Waals surface area contributed by atoms with E-state index in [0.29, 0.717) is 35.2 Å². The highest BCUT2D eigenvalue weighted by atomic mass is 19.1. The molecule has 0 bridgehead atoms. The standard InChI is InChI=1S/C29H24FN3O3/c1-29(36,22-6-2-4-18(14-22)5-3-13-34)26-17-32-28(33-26)23-16-21(7-9-24(23)30)27(35)20-8-10-25-19(15-20)11-12-31-25/h2,4,6-17,31,36H,3,5H2,1H3,(H,32,33). The van der Waals surface area contributed by atoms with Crippen LogP contribution in [0.4, 0.5) is 4.39 Å². The molecule has 1 atom stereocenters. The van der Waals surface area contributed by atoms with Gasteiger partial charge in [-0.3, -0.25) is 4.79 Å². The van der Waals surface area contributed by atoms with E-state index in [2.05, 4.69) is 15.0 Å². The third kappa shape index (κ3) is 4.36. The lowest BCUT2D eigenvalue weighted by Gasteiger charge is -2.23. The van der Waals surface area contributed by atoms with Crippen molar-refractivity contribution in [3.63, 3.8) is 0 Å². The Morgan fingerprint density at radius 1 is 1.08 bits per heavy atom. The Kier molecular flexibility index (Phi) is 6.08. The number of carbonyl (C=O) groups is 2. The van der Waals surface area contributed by atoms with Gasteiger partial charge in [0.15, 0.2) is 5.78 Å². The van der Waals surface area contributed by atoms with E-state index in [1.165, 1.54) is 24.4 Å². The summed E-state index contributed by atoms with van der Waals surface area (Å²) in [4.78, 5) is 34.3. The number of ketones is 1. The number of fused-ring (bicyclic) bond motifs is 1. The zero-order valence-electron chi connectivity index (χ0n) is 19.6. The van der Waals surface area contributed by atoms with E-state index in [1.807, 2.05) is 30.3 Å². The van der Waals surface area contributed by atoms with Gasteiger partial charge in [0.05, 0.1) is 17.5 Å². The molecule has 180 valence electrons. The van der Waals surface area contributed by atoms with Gasteiger partial charge in [0, 0.05) is 34.6 Å². The van der Waals surface area contributed by atoms with Crippen LogP contribution in [0.1, 0.15) is 46.1 Å². The first-order chi connectivity index (χ1) is 17.4. The maximum atomic E-state index is 14.8. The van der Waals surface area contributed by atoms with E-state index in [0.717, 1.165) is 22.8 Å². The Bertz CT molecular complexity index is 1580. The van der Waals surface area contributed by atoms with E-state index in [-0.39, 0.29) is 17.2 Å². The van der Waals surface area contributed by atoms with Gasteiger partial charge in [-0.05, 0) is 66.9 Å². The molecule has 2 aromatic heterocycles. The van der Waals surface area contributed by atoms with Crippen LogP contribution < -0.4 is 0 Å². The van der Waals surface area contributed by atoms with Crippen LogP contribution in [-0.2, 0) is 16.8 Å². The van der Waals surface area contributed by atoms with E-state index in [1.54, 1.807) is 31.3 Å². The molecule has 0 saturated heterocycles. The molecule has 0 saturated carbocycles. The normalized spacial score (nSPS) is 13.0. The Balaban J connectivity index is 1.45. The van der Waals surface area contributed by atoms with Crippen molar-refractivity contribution in [3.8, 4) is 11.4 Å². The average Bonchev–Trinajstić information content (AvgIpc) is 3.57. The molecule has 2 heterocycles. The van der Waals surface area contributed by atoms with Gasteiger partial charge < -0.3 is 19.9 Å². The summed E-state index contributed by atoms with van der Waals surface area (Å²) < 4.78 is 14.8. The molecule has 5 rings (SSSR count). The van der Waals surface area contributed by atoms with Crippen molar-refractivity contribution in [3.05, 3.63) is 113 Å². The third-order valence-electron chi connectivity index (χ3n) is 6.44. The van der Waals surface area contributed by atoms with Crippen LogP contribution in [0.5, 0.6) is 0 Å². The molecular formula is C29H24FN3O3. The van der Waals surface area contributed by atoms with Crippen LogP contribution in [-0.4, -0.2) is 32.1 Å². The second-order valence-corrected chi connectivity index (χ2v) is 8.93. The molecule has 0 spiro atoms. The molecule has 7 heteroatoms.